The molecule has 34 heavy (non-hydrogen) atoms. The number of benzene rings is 2. The summed E-state index contributed by atoms with van der Waals surface area (Å²) in [4.78, 5) is 7.24. The molecule has 2 aliphatic heterocycles. The second-order valence-corrected chi connectivity index (χ2v) is 10.9. The average molecular weight is 483 g/mol. The first-order valence-corrected chi connectivity index (χ1v) is 13.1. The van der Waals surface area contributed by atoms with Crippen LogP contribution in [-0.2, 0) is 10.0 Å². The summed E-state index contributed by atoms with van der Waals surface area (Å²) in [5.74, 6) is 1.76. The molecule has 9 heteroatoms. The van der Waals surface area contributed by atoms with Gasteiger partial charge in [-0.3, -0.25) is 0 Å². The van der Waals surface area contributed by atoms with Gasteiger partial charge in [-0.2, -0.15) is 0 Å². The highest BCUT2D eigenvalue weighted by Gasteiger charge is 2.47. The number of ether oxygens (including phenoxy) is 2. The summed E-state index contributed by atoms with van der Waals surface area (Å²) < 4.78 is 38.1. The van der Waals surface area contributed by atoms with E-state index < -0.39 is 10.0 Å². The molecular weight excluding hydrogens is 452 g/mol. The fourth-order valence-corrected chi connectivity index (χ4v) is 6.66. The van der Waals surface area contributed by atoms with Gasteiger partial charge in [-0.05, 0) is 55.9 Å². The minimum Gasteiger partial charge on any atom is -0.497 e. The van der Waals surface area contributed by atoms with E-state index in [-0.39, 0.29) is 11.2 Å². The van der Waals surface area contributed by atoms with Gasteiger partial charge in [0.15, 0.2) is 0 Å². The number of fused-ring (bicyclic) bond motifs is 1. The minimum atomic E-state index is -3.18. The normalized spacial score (nSPS) is 21.4. The predicted octanol–water partition coefficient (Wildman–Crippen LogP) is 2.64. The first kappa shape index (κ1) is 22.9. The quantitative estimate of drug-likeness (QED) is 0.500. The molecule has 1 spiro atoms. The van der Waals surface area contributed by atoms with Crippen molar-refractivity contribution in [2.75, 3.05) is 57.6 Å². The lowest BCUT2D eigenvalue weighted by molar-refractivity contribution is 0.318. The third-order valence-corrected chi connectivity index (χ3v) is 8.28. The molecule has 3 aromatic rings. The van der Waals surface area contributed by atoms with E-state index in [4.69, 9.17) is 14.5 Å². The second kappa shape index (κ2) is 9.05. The van der Waals surface area contributed by atoms with Gasteiger partial charge in [-0.15, -0.1) is 0 Å². The third-order valence-electron chi connectivity index (χ3n) is 6.71. The van der Waals surface area contributed by atoms with Crippen LogP contribution in [0.1, 0.15) is 6.42 Å². The van der Waals surface area contributed by atoms with E-state index in [0.717, 1.165) is 58.9 Å². The molecule has 1 unspecified atom stereocenters. The zero-order valence-electron chi connectivity index (χ0n) is 19.5. The molecule has 1 aromatic heterocycles. The SMILES string of the molecule is CNCCOc1ccc(-c2cc(N3CCC4(CNS(=O)(=O)C4)C3)c3ccc(OC)cc3n2)cc1. The molecule has 0 bridgehead atoms. The van der Waals surface area contributed by atoms with Gasteiger partial charge in [0, 0.05) is 54.3 Å². The van der Waals surface area contributed by atoms with Crippen LogP contribution in [0.25, 0.3) is 22.2 Å². The van der Waals surface area contributed by atoms with Gasteiger partial charge in [0.1, 0.15) is 18.1 Å². The van der Waals surface area contributed by atoms with Crippen molar-refractivity contribution in [3.8, 4) is 22.8 Å². The van der Waals surface area contributed by atoms with Gasteiger partial charge >= 0.3 is 0 Å². The van der Waals surface area contributed by atoms with Crippen LogP contribution >= 0.6 is 0 Å². The lowest BCUT2D eigenvalue weighted by Crippen LogP contribution is -2.31. The topological polar surface area (TPSA) is 92.8 Å². The number of likely N-dealkylation sites (N-methyl/N-ethyl adjacent to an activating group) is 1. The largest absolute Gasteiger partial charge is 0.497 e. The number of rotatable bonds is 7. The molecule has 0 saturated carbocycles. The monoisotopic (exact) mass is 482 g/mol. The molecule has 2 fully saturated rings. The van der Waals surface area contributed by atoms with Gasteiger partial charge < -0.3 is 19.7 Å². The molecule has 5 rings (SSSR count). The van der Waals surface area contributed by atoms with E-state index in [0.29, 0.717) is 19.7 Å². The number of nitrogens with one attached hydrogen (secondary N) is 2. The Morgan fingerprint density at radius 3 is 2.65 bits per heavy atom. The molecule has 8 nitrogen and oxygen atoms in total. The van der Waals surface area contributed by atoms with Crippen LogP contribution in [0.3, 0.4) is 0 Å². The third kappa shape index (κ3) is 4.55. The van der Waals surface area contributed by atoms with Crippen LogP contribution in [-0.4, -0.2) is 66.1 Å². The fourth-order valence-electron chi connectivity index (χ4n) is 4.89. The van der Waals surface area contributed by atoms with Crippen molar-refractivity contribution in [1.29, 1.82) is 0 Å². The van der Waals surface area contributed by atoms with E-state index in [9.17, 15) is 8.42 Å². The Kier molecular flexibility index (Phi) is 6.09. The van der Waals surface area contributed by atoms with Crippen molar-refractivity contribution in [2.24, 2.45) is 5.41 Å². The maximum absolute atomic E-state index is 12.1. The van der Waals surface area contributed by atoms with Gasteiger partial charge in [0.2, 0.25) is 10.0 Å². The van der Waals surface area contributed by atoms with Crippen LogP contribution in [0.2, 0.25) is 0 Å². The summed E-state index contributed by atoms with van der Waals surface area (Å²) >= 11 is 0. The van der Waals surface area contributed by atoms with Gasteiger partial charge in [0.05, 0.1) is 24.1 Å². The van der Waals surface area contributed by atoms with Crippen molar-refractivity contribution < 1.29 is 17.9 Å². The number of aromatic nitrogens is 1. The average Bonchev–Trinajstić information content (AvgIpc) is 3.39. The molecule has 180 valence electrons. The van der Waals surface area contributed by atoms with Crippen molar-refractivity contribution in [3.05, 3.63) is 48.5 Å². The first-order valence-electron chi connectivity index (χ1n) is 11.5. The van der Waals surface area contributed by atoms with Crippen LogP contribution in [0.4, 0.5) is 5.69 Å². The Balaban J connectivity index is 1.50. The smallest absolute Gasteiger partial charge is 0.212 e. The highest BCUT2D eigenvalue weighted by Crippen LogP contribution is 2.41. The molecule has 0 radical (unpaired) electrons. The molecular formula is C25H30N4O4S. The van der Waals surface area contributed by atoms with E-state index >= 15 is 0 Å². The molecule has 1 atom stereocenters. The van der Waals surface area contributed by atoms with Crippen molar-refractivity contribution >= 4 is 26.6 Å². The minimum absolute atomic E-state index is 0.190. The summed E-state index contributed by atoms with van der Waals surface area (Å²) in [6.45, 7) is 3.40. The molecule has 3 heterocycles. The molecule has 2 aliphatic rings. The maximum atomic E-state index is 12.1. The van der Waals surface area contributed by atoms with Gasteiger partial charge in [-0.1, -0.05) is 0 Å². The lowest BCUT2D eigenvalue weighted by atomic mass is 9.90. The van der Waals surface area contributed by atoms with E-state index in [1.54, 1.807) is 7.11 Å². The number of pyridine rings is 1. The molecule has 2 N–H and O–H groups in total. The highest BCUT2D eigenvalue weighted by atomic mass is 32.2. The summed E-state index contributed by atoms with van der Waals surface area (Å²) in [6.07, 6.45) is 0.840. The van der Waals surface area contributed by atoms with Gasteiger partial charge in [-0.25, -0.2) is 18.1 Å². The first-order chi connectivity index (χ1) is 16.4. The summed E-state index contributed by atoms with van der Waals surface area (Å²) in [5.41, 5.74) is 3.52. The highest BCUT2D eigenvalue weighted by molar-refractivity contribution is 7.89. The maximum Gasteiger partial charge on any atom is 0.212 e. The molecule has 2 aromatic carbocycles. The Bertz CT molecular complexity index is 1300. The Morgan fingerprint density at radius 2 is 1.94 bits per heavy atom. The van der Waals surface area contributed by atoms with E-state index in [1.165, 1.54) is 0 Å². The molecule has 0 aliphatic carbocycles. The van der Waals surface area contributed by atoms with Crippen molar-refractivity contribution in [3.63, 3.8) is 0 Å². The van der Waals surface area contributed by atoms with Crippen molar-refractivity contribution in [1.82, 2.24) is 15.0 Å². The van der Waals surface area contributed by atoms with Crippen LogP contribution in [0.5, 0.6) is 11.5 Å². The zero-order chi connectivity index (χ0) is 23.8. The second-order valence-electron chi connectivity index (χ2n) is 9.14. The lowest BCUT2D eigenvalue weighted by Gasteiger charge is -2.25. The fraction of sp³-hybridized carbons (Fsp3) is 0.400. The summed E-state index contributed by atoms with van der Waals surface area (Å²) in [5, 5.41) is 4.10. The van der Waals surface area contributed by atoms with E-state index in [1.807, 2.05) is 49.5 Å². The van der Waals surface area contributed by atoms with Crippen LogP contribution in [0.15, 0.2) is 48.5 Å². The van der Waals surface area contributed by atoms with E-state index in [2.05, 4.69) is 21.0 Å². The molecule has 2 saturated heterocycles. The predicted molar refractivity (Wildman–Crippen MR) is 134 cm³/mol. The number of hydrogen-bond donors (Lipinski definition) is 2. The number of hydrogen-bond acceptors (Lipinski definition) is 7. The number of sulfonamides is 1. The Labute approximate surface area is 200 Å². The zero-order valence-corrected chi connectivity index (χ0v) is 20.3. The number of methoxy groups -OCH3 is 1. The Hall–Kier alpha value is -2.88. The number of nitrogens with zero attached hydrogens (tertiary/aromatic N) is 2. The summed E-state index contributed by atoms with van der Waals surface area (Å²) in [6, 6.07) is 16.0. The number of anilines is 1. The van der Waals surface area contributed by atoms with Crippen molar-refractivity contribution in [2.45, 2.75) is 6.42 Å². The van der Waals surface area contributed by atoms with Gasteiger partial charge in [0.25, 0.3) is 0 Å². The molecule has 0 amide bonds. The summed E-state index contributed by atoms with van der Waals surface area (Å²) in [7, 11) is 0.366. The van der Waals surface area contributed by atoms with Crippen LogP contribution in [0, 0.1) is 5.41 Å². The van der Waals surface area contributed by atoms with Crippen LogP contribution < -0.4 is 24.4 Å². The Morgan fingerprint density at radius 1 is 1.15 bits per heavy atom. The standard InChI is InChI=1S/C25H30N4O4S/c1-26-10-12-33-19-5-3-18(4-6-19)22-14-24(21-8-7-20(32-2)13-23(21)28-22)29-11-9-25(16-29)15-27-34(30,31)17-25/h3-8,13-14,26-27H,9-12,15-17H2,1-2H3.